The molecule has 0 saturated heterocycles. The maximum Gasteiger partial charge on any atom is 0.239 e. The highest BCUT2D eigenvalue weighted by molar-refractivity contribution is 5.85. The van der Waals surface area contributed by atoms with Crippen molar-refractivity contribution in [1.82, 2.24) is 20.1 Å². The summed E-state index contributed by atoms with van der Waals surface area (Å²) in [5.41, 5.74) is 5.25. The van der Waals surface area contributed by atoms with Gasteiger partial charge in [-0.15, -0.1) is 22.6 Å². The molecule has 1 aromatic rings. The van der Waals surface area contributed by atoms with E-state index < -0.39 is 5.54 Å². The van der Waals surface area contributed by atoms with E-state index in [9.17, 15) is 4.79 Å². The lowest BCUT2D eigenvalue weighted by atomic mass is 9.96. The monoisotopic (exact) mass is 343 g/mol. The van der Waals surface area contributed by atoms with Crippen LogP contribution in [0.25, 0.3) is 0 Å². The Balaban J connectivity index is 0.00000264. The topological polar surface area (TPSA) is 85.8 Å². The molecule has 0 aliphatic carbocycles. The molecule has 23 heavy (non-hydrogen) atoms. The molecule has 1 aliphatic rings. The van der Waals surface area contributed by atoms with Crippen LogP contribution in [-0.4, -0.2) is 32.8 Å². The lowest BCUT2D eigenvalue weighted by molar-refractivity contribution is -0.126. The fourth-order valence-electron chi connectivity index (χ4n) is 3.01. The number of halogens is 1. The van der Waals surface area contributed by atoms with Crippen LogP contribution in [-0.2, 0) is 24.2 Å². The molecule has 1 atom stereocenters. The summed E-state index contributed by atoms with van der Waals surface area (Å²) in [6.45, 7) is 5.50. The van der Waals surface area contributed by atoms with Gasteiger partial charge in [0.1, 0.15) is 11.6 Å². The average Bonchev–Trinajstić information content (AvgIpc) is 2.70. The zero-order chi connectivity index (χ0) is 16.0. The second-order valence-electron chi connectivity index (χ2n) is 6.52. The van der Waals surface area contributed by atoms with E-state index in [-0.39, 0.29) is 18.3 Å². The summed E-state index contributed by atoms with van der Waals surface area (Å²) in [6, 6.07) is 0. The lowest BCUT2D eigenvalue weighted by Gasteiger charge is -2.22. The van der Waals surface area contributed by atoms with E-state index in [2.05, 4.69) is 20.1 Å². The molecule has 1 aliphatic heterocycles. The third kappa shape index (κ3) is 5.46. The van der Waals surface area contributed by atoms with Crippen LogP contribution < -0.4 is 11.1 Å². The van der Waals surface area contributed by atoms with Crippen molar-refractivity contribution >= 4 is 18.3 Å². The zero-order valence-corrected chi connectivity index (χ0v) is 15.1. The molecule has 1 unspecified atom stereocenters. The van der Waals surface area contributed by atoms with Crippen molar-refractivity contribution in [3.05, 3.63) is 11.6 Å². The fourth-order valence-corrected chi connectivity index (χ4v) is 3.01. The van der Waals surface area contributed by atoms with Gasteiger partial charge in [-0.05, 0) is 32.6 Å². The number of carbonyl (C=O) groups excluding carboxylic acids is 1. The molecule has 2 heterocycles. The summed E-state index contributed by atoms with van der Waals surface area (Å²) in [4.78, 5) is 12.0. The Morgan fingerprint density at radius 1 is 1.35 bits per heavy atom. The van der Waals surface area contributed by atoms with Gasteiger partial charge in [0.25, 0.3) is 0 Å². The molecular formula is C16H30ClN5O. The van der Waals surface area contributed by atoms with Crippen molar-refractivity contribution in [3.8, 4) is 0 Å². The maximum absolute atomic E-state index is 12.0. The van der Waals surface area contributed by atoms with Gasteiger partial charge in [-0.3, -0.25) is 4.79 Å². The summed E-state index contributed by atoms with van der Waals surface area (Å²) in [5, 5.41) is 11.6. The molecule has 0 radical (unpaired) electrons. The molecule has 7 heteroatoms. The molecule has 0 spiro atoms. The molecule has 1 aromatic heterocycles. The lowest BCUT2D eigenvalue weighted by Crippen LogP contribution is -2.51. The molecule has 6 nitrogen and oxygen atoms in total. The van der Waals surface area contributed by atoms with Crippen LogP contribution in [0.5, 0.6) is 0 Å². The number of fused-ring (bicyclic) bond motifs is 1. The highest BCUT2D eigenvalue weighted by atomic mass is 35.5. The van der Waals surface area contributed by atoms with Crippen molar-refractivity contribution in [2.45, 2.75) is 77.3 Å². The van der Waals surface area contributed by atoms with Crippen molar-refractivity contribution in [2.75, 3.05) is 6.54 Å². The summed E-state index contributed by atoms with van der Waals surface area (Å²) >= 11 is 0. The van der Waals surface area contributed by atoms with Crippen LogP contribution in [0.1, 0.15) is 64.0 Å². The normalized spacial score (nSPS) is 16.7. The van der Waals surface area contributed by atoms with Gasteiger partial charge < -0.3 is 15.6 Å². The maximum atomic E-state index is 12.0. The van der Waals surface area contributed by atoms with E-state index in [0.29, 0.717) is 13.0 Å². The quantitative estimate of drug-likeness (QED) is 0.741. The number of amides is 1. The first-order valence-electron chi connectivity index (χ1n) is 8.52. The summed E-state index contributed by atoms with van der Waals surface area (Å²) in [5.74, 6) is 2.11. The molecule has 132 valence electrons. The number of carbonyl (C=O) groups is 1. The van der Waals surface area contributed by atoms with Crippen molar-refractivity contribution in [2.24, 2.45) is 5.73 Å². The molecular weight excluding hydrogens is 314 g/mol. The van der Waals surface area contributed by atoms with Crippen LogP contribution >= 0.6 is 12.4 Å². The number of aryl methyl sites for hydroxylation is 2. The Bertz CT molecular complexity index is 501. The number of nitrogens with two attached hydrogens (primary N) is 1. The molecule has 1 amide bonds. The van der Waals surface area contributed by atoms with E-state index in [1.807, 2.05) is 6.92 Å². The summed E-state index contributed by atoms with van der Waals surface area (Å²) in [7, 11) is 0. The van der Waals surface area contributed by atoms with Gasteiger partial charge >= 0.3 is 0 Å². The average molecular weight is 344 g/mol. The van der Waals surface area contributed by atoms with E-state index in [1.165, 1.54) is 19.3 Å². The van der Waals surface area contributed by atoms with Crippen molar-refractivity contribution in [1.29, 1.82) is 0 Å². The molecule has 0 fully saturated rings. The van der Waals surface area contributed by atoms with Crippen molar-refractivity contribution < 1.29 is 4.79 Å². The van der Waals surface area contributed by atoms with Gasteiger partial charge in [-0.25, -0.2) is 0 Å². The third-order valence-corrected chi connectivity index (χ3v) is 4.34. The van der Waals surface area contributed by atoms with Gasteiger partial charge in [-0.2, -0.15) is 0 Å². The second-order valence-corrected chi connectivity index (χ2v) is 6.52. The minimum Gasteiger partial charge on any atom is -0.355 e. The van der Waals surface area contributed by atoms with Crippen LogP contribution in [0, 0.1) is 0 Å². The number of hydrogen-bond donors (Lipinski definition) is 2. The summed E-state index contributed by atoms with van der Waals surface area (Å²) in [6.07, 6.45) is 8.05. The molecule has 0 bridgehead atoms. The number of aromatic nitrogens is 3. The first-order valence-corrected chi connectivity index (χ1v) is 8.52. The Morgan fingerprint density at radius 3 is 2.87 bits per heavy atom. The Hall–Kier alpha value is -1.14. The highest BCUT2D eigenvalue weighted by Crippen LogP contribution is 2.15. The number of rotatable bonds is 7. The predicted molar refractivity (Wildman–Crippen MR) is 93.7 cm³/mol. The Kier molecular flexibility index (Phi) is 7.99. The predicted octanol–water partition coefficient (Wildman–Crippen LogP) is 1.99. The Morgan fingerprint density at radius 2 is 2.13 bits per heavy atom. The minimum atomic E-state index is -0.763. The number of hydrogen-bond acceptors (Lipinski definition) is 4. The SMILES string of the molecule is CCCC(C)(N)C(=O)NCCCc1nnc2n1CCCCC2.Cl. The summed E-state index contributed by atoms with van der Waals surface area (Å²) < 4.78 is 2.26. The van der Waals surface area contributed by atoms with Crippen LogP contribution in [0.3, 0.4) is 0 Å². The fraction of sp³-hybridized carbons (Fsp3) is 0.812. The first kappa shape index (κ1) is 19.9. The van der Waals surface area contributed by atoms with E-state index in [4.69, 9.17) is 5.73 Å². The van der Waals surface area contributed by atoms with Crippen molar-refractivity contribution in [3.63, 3.8) is 0 Å². The van der Waals surface area contributed by atoms with Gasteiger partial charge in [-0.1, -0.05) is 19.8 Å². The third-order valence-electron chi connectivity index (χ3n) is 4.34. The van der Waals surface area contributed by atoms with E-state index in [1.54, 1.807) is 6.92 Å². The van der Waals surface area contributed by atoms with E-state index in [0.717, 1.165) is 43.9 Å². The van der Waals surface area contributed by atoms with Gasteiger partial charge in [0.15, 0.2) is 0 Å². The number of nitrogens with zero attached hydrogens (tertiary/aromatic N) is 3. The molecule has 3 N–H and O–H groups in total. The zero-order valence-electron chi connectivity index (χ0n) is 14.3. The van der Waals surface area contributed by atoms with Gasteiger partial charge in [0.05, 0.1) is 5.54 Å². The Labute approximate surface area is 145 Å². The molecule has 2 rings (SSSR count). The number of nitrogens with one attached hydrogen (secondary N) is 1. The van der Waals surface area contributed by atoms with Crippen LogP contribution in [0.15, 0.2) is 0 Å². The smallest absolute Gasteiger partial charge is 0.239 e. The molecule has 0 aromatic carbocycles. The second kappa shape index (κ2) is 9.23. The standard InChI is InChI=1S/C16H29N5O.ClH/c1-3-10-16(2,17)15(22)18-11-7-9-14-20-19-13-8-5-4-6-12-21(13)14;/h3-12,17H2,1-2H3,(H,18,22);1H. The minimum absolute atomic E-state index is 0. The largest absolute Gasteiger partial charge is 0.355 e. The van der Waals surface area contributed by atoms with Crippen LogP contribution in [0.4, 0.5) is 0 Å². The van der Waals surface area contributed by atoms with E-state index >= 15 is 0 Å². The highest BCUT2D eigenvalue weighted by Gasteiger charge is 2.26. The van der Waals surface area contributed by atoms with Gasteiger partial charge in [0, 0.05) is 25.9 Å². The van der Waals surface area contributed by atoms with Crippen LogP contribution in [0.2, 0.25) is 0 Å². The first-order chi connectivity index (χ1) is 10.5. The molecule has 0 saturated carbocycles. The van der Waals surface area contributed by atoms with Gasteiger partial charge in [0.2, 0.25) is 5.91 Å².